The standard InChI is InChI=1S/C18H20N2O5/c21-12-16(17(22)25-13-14-6-2-1-3-7-14)20-18(23)24-11-9-15-8-4-5-10-19-15/h1-8,10,16,21H,9,11-13H2,(H,20,23). The summed E-state index contributed by atoms with van der Waals surface area (Å²) >= 11 is 0. The summed E-state index contributed by atoms with van der Waals surface area (Å²) < 4.78 is 10.1. The topological polar surface area (TPSA) is 97.8 Å². The second-order valence-corrected chi connectivity index (χ2v) is 5.18. The SMILES string of the molecule is O=C(NC(CO)C(=O)OCc1ccccc1)OCCc1ccccn1. The van der Waals surface area contributed by atoms with Crippen molar-refractivity contribution in [3.63, 3.8) is 0 Å². The first kappa shape index (κ1) is 18.4. The Morgan fingerprint density at radius 3 is 2.52 bits per heavy atom. The first-order valence-electron chi connectivity index (χ1n) is 7.83. The van der Waals surface area contributed by atoms with Crippen LogP contribution in [0, 0.1) is 0 Å². The molecule has 1 amide bonds. The molecule has 0 bridgehead atoms. The molecule has 1 unspecified atom stereocenters. The fourth-order valence-electron chi connectivity index (χ4n) is 1.99. The summed E-state index contributed by atoms with van der Waals surface area (Å²) in [5, 5.41) is 11.5. The van der Waals surface area contributed by atoms with Crippen molar-refractivity contribution in [1.29, 1.82) is 0 Å². The van der Waals surface area contributed by atoms with Gasteiger partial charge in [0.1, 0.15) is 6.61 Å². The maximum Gasteiger partial charge on any atom is 0.407 e. The minimum absolute atomic E-state index is 0.0621. The van der Waals surface area contributed by atoms with Crippen molar-refractivity contribution in [3.8, 4) is 0 Å². The number of hydrogen-bond donors (Lipinski definition) is 2. The fourth-order valence-corrected chi connectivity index (χ4v) is 1.99. The quantitative estimate of drug-likeness (QED) is 0.704. The Hall–Kier alpha value is -2.93. The lowest BCUT2D eigenvalue weighted by Crippen LogP contribution is -2.44. The summed E-state index contributed by atoms with van der Waals surface area (Å²) in [5.74, 6) is -0.729. The Bertz CT molecular complexity index is 664. The van der Waals surface area contributed by atoms with Gasteiger partial charge < -0.3 is 19.9 Å². The van der Waals surface area contributed by atoms with E-state index in [-0.39, 0.29) is 13.2 Å². The molecule has 0 aliphatic heterocycles. The van der Waals surface area contributed by atoms with Crippen LogP contribution in [0.25, 0.3) is 0 Å². The number of aliphatic hydroxyl groups excluding tert-OH is 1. The highest BCUT2D eigenvalue weighted by Gasteiger charge is 2.22. The van der Waals surface area contributed by atoms with Crippen LogP contribution in [-0.4, -0.2) is 41.4 Å². The Kier molecular flexibility index (Phi) is 7.40. The summed E-state index contributed by atoms with van der Waals surface area (Å²) in [7, 11) is 0. The summed E-state index contributed by atoms with van der Waals surface area (Å²) in [6.07, 6.45) is 1.31. The number of carbonyl (C=O) groups is 2. The molecule has 7 heteroatoms. The Balaban J connectivity index is 1.72. The Morgan fingerprint density at radius 2 is 1.84 bits per heavy atom. The molecule has 0 fully saturated rings. The summed E-state index contributed by atoms with van der Waals surface area (Å²) in [6.45, 7) is -0.407. The van der Waals surface area contributed by atoms with Crippen LogP contribution < -0.4 is 5.32 Å². The number of aliphatic hydroxyl groups is 1. The zero-order valence-corrected chi connectivity index (χ0v) is 13.6. The third-order valence-corrected chi connectivity index (χ3v) is 3.30. The van der Waals surface area contributed by atoms with E-state index >= 15 is 0 Å². The van der Waals surface area contributed by atoms with E-state index < -0.39 is 24.7 Å². The minimum atomic E-state index is -1.17. The van der Waals surface area contributed by atoms with Gasteiger partial charge in [-0.15, -0.1) is 0 Å². The van der Waals surface area contributed by atoms with Gasteiger partial charge in [-0.05, 0) is 17.7 Å². The van der Waals surface area contributed by atoms with Crippen LogP contribution in [0.15, 0.2) is 54.7 Å². The van der Waals surface area contributed by atoms with Gasteiger partial charge in [0.15, 0.2) is 6.04 Å². The normalized spacial score (nSPS) is 11.4. The summed E-state index contributed by atoms with van der Waals surface area (Å²) in [5.41, 5.74) is 1.60. The van der Waals surface area contributed by atoms with Crippen molar-refractivity contribution in [2.75, 3.05) is 13.2 Å². The summed E-state index contributed by atoms with van der Waals surface area (Å²) in [4.78, 5) is 27.7. The van der Waals surface area contributed by atoms with Gasteiger partial charge in [-0.2, -0.15) is 0 Å². The van der Waals surface area contributed by atoms with Crippen molar-refractivity contribution in [2.24, 2.45) is 0 Å². The number of carbonyl (C=O) groups excluding carboxylic acids is 2. The van der Waals surface area contributed by atoms with Gasteiger partial charge in [0.25, 0.3) is 0 Å². The number of alkyl carbamates (subject to hydrolysis) is 1. The second kappa shape index (κ2) is 10.0. The predicted octanol–water partition coefficient (Wildman–Crippen LogP) is 1.45. The van der Waals surface area contributed by atoms with Gasteiger partial charge in [-0.25, -0.2) is 9.59 Å². The number of benzene rings is 1. The molecule has 0 radical (unpaired) electrons. The molecule has 1 aromatic heterocycles. The monoisotopic (exact) mass is 344 g/mol. The average Bonchev–Trinajstić information content (AvgIpc) is 2.66. The summed E-state index contributed by atoms with van der Waals surface area (Å²) in [6, 6.07) is 13.4. The van der Waals surface area contributed by atoms with Gasteiger partial charge in [-0.1, -0.05) is 36.4 Å². The Morgan fingerprint density at radius 1 is 1.08 bits per heavy atom. The highest BCUT2D eigenvalue weighted by molar-refractivity contribution is 5.81. The van der Waals surface area contributed by atoms with Crippen LogP contribution in [0.4, 0.5) is 4.79 Å². The number of aromatic nitrogens is 1. The first-order valence-corrected chi connectivity index (χ1v) is 7.83. The van der Waals surface area contributed by atoms with E-state index in [0.29, 0.717) is 6.42 Å². The smallest absolute Gasteiger partial charge is 0.407 e. The van der Waals surface area contributed by atoms with Crippen LogP contribution in [0.5, 0.6) is 0 Å². The van der Waals surface area contributed by atoms with Gasteiger partial charge in [0, 0.05) is 18.3 Å². The molecule has 0 aliphatic rings. The van der Waals surface area contributed by atoms with Crippen LogP contribution >= 0.6 is 0 Å². The molecule has 1 heterocycles. The number of nitrogens with zero attached hydrogens (tertiary/aromatic N) is 1. The van der Waals surface area contributed by atoms with E-state index in [1.165, 1.54) is 0 Å². The number of amides is 1. The van der Waals surface area contributed by atoms with E-state index in [9.17, 15) is 14.7 Å². The maximum absolute atomic E-state index is 11.9. The van der Waals surface area contributed by atoms with Gasteiger partial charge >= 0.3 is 12.1 Å². The highest BCUT2D eigenvalue weighted by atomic mass is 16.6. The lowest BCUT2D eigenvalue weighted by Gasteiger charge is -2.15. The van der Waals surface area contributed by atoms with Crippen molar-refractivity contribution < 1.29 is 24.2 Å². The number of pyridine rings is 1. The van der Waals surface area contributed by atoms with Crippen LogP contribution in [0.1, 0.15) is 11.3 Å². The molecule has 2 rings (SSSR count). The van der Waals surface area contributed by atoms with Gasteiger partial charge in [0.05, 0.1) is 13.2 Å². The lowest BCUT2D eigenvalue weighted by molar-refractivity contribution is -0.148. The molecule has 0 saturated carbocycles. The van der Waals surface area contributed by atoms with E-state index in [0.717, 1.165) is 11.3 Å². The minimum Gasteiger partial charge on any atom is -0.459 e. The second-order valence-electron chi connectivity index (χ2n) is 5.18. The van der Waals surface area contributed by atoms with Crippen molar-refractivity contribution >= 4 is 12.1 Å². The van der Waals surface area contributed by atoms with E-state index in [1.807, 2.05) is 30.3 Å². The predicted molar refractivity (Wildman–Crippen MR) is 89.5 cm³/mol. The Labute approximate surface area is 145 Å². The van der Waals surface area contributed by atoms with Gasteiger partial charge in [-0.3, -0.25) is 4.98 Å². The van der Waals surface area contributed by atoms with E-state index in [1.54, 1.807) is 24.4 Å². The maximum atomic E-state index is 11.9. The van der Waals surface area contributed by atoms with Crippen LogP contribution in [0.2, 0.25) is 0 Å². The molecule has 132 valence electrons. The van der Waals surface area contributed by atoms with E-state index in [2.05, 4.69) is 10.3 Å². The molecule has 1 aromatic carbocycles. The third-order valence-electron chi connectivity index (χ3n) is 3.30. The zero-order valence-electron chi connectivity index (χ0n) is 13.6. The molecule has 0 aliphatic carbocycles. The van der Waals surface area contributed by atoms with Crippen molar-refractivity contribution in [2.45, 2.75) is 19.1 Å². The number of esters is 1. The fraction of sp³-hybridized carbons (Fsp3) is 0.278. The molecule has 25 heavy (non-hydrogen) atoms. The third kappa shape index (κ3) is 6.60. The molecule has 0 saturated heterocycles. The van der Waals surface area contributed by atoms with Gasteiger partial charge in [0.2, 0.25) is 0 Å². The number of nitrogens with one attached hydrogen (secondary N) is 1. The molecule has 1 atom stereocenters. The molecular formula is C18H20N2O5. The van der Waals surface area contributed by atoms with Crippen molar-refractivity contribution in [1.82, 2.24) is 10.3 Å². The van der Waals surface area contributed by atoms with Crippen LogP contribution in [0.3, 0.4) is 0 Å². The molecule has 2 aromatic rings. The average molecular weight is 344 g/mol. The highest BCUT2D eigenvalue weighted by Crippen LogP contribution is 2.02. The first-order chi connectivity index (χ1) is 12.2. The number of ether oxygens (including phenoxy) is 2. The largest absolute Gasteiger partial charge is 0.459 e. The zero-order chi connectivity index (χ0) is 17.9. The number of hydrogen-bond acceptors (Lipinski definition) is 6. The molecule has 0 spiro atoms. The molecular weight excluding hydrogens is 324 g/mol. The molecule has 2 N–H and O–H groups in total. The lowest BCUT2D eigenvalue weighted by atomic mass is 10.2. The molecule has 7 nitrogen and oxygen atoms in total. The van der Waals surface area contributed by atoms with E-state index in [4.69, 9.17) is 9.47 Å². The van der Waals surface area contributed by atoms with Crippen LogP contribution in [-0.2, 0) is 27.3 Å². The van der Waals surface area contributed by atoms with Crippen molar-refractivity contribution in [3.05, 3.63) is 66.0 Å². The number of rotatable bonds is 8.